The van der Waals surface area contributed by atoms with Crippen molar-refractivity contribution in [1.82, 2.24) is 15.5 Å². The molecule has 2 aliphatic rings. The number of alkyl carbamates (subject to hydrolysis) is 1. The lowest BCUT2D eigenvalue weighted by Crippen LogP contribution is -2.55. The molecular weight excluding hydrogens is 428 g/mol. The van der Waals surface area contributed by atoms with Crippen molar-refractivity contribution in [3.05, 3.63) is 0 Å². The van der Waals surface area contributed by atoms with Crippen LogP contribution in [0.2, 0.25) is 0 Å². The standard InChI is InChI=1S/C22H38N6O5/c1-2-33-22(32)27-17(13-15-7-3-4-8-15)20(31)28-12-6-10-18(28)19(30)26-16(14-29)9-5-11-25-21(23)24/h14-18H,2-13H2,1H3,(H,26,30)(H,27,32)(H4,23,24,25)/t16-,17+,18-/m0/s1. The second-order valence-corrected chi connectivity index (χ2v) is 8.69. The summed E-state index contributed by atoms with van der Waals surface area (Å²) in [6, 6.07) is -2.09. The maximum atomic E-state index is 13.4. The fraction of sp³-hybridized carbons (Fsp3) is 0.773. The maximum absolute atomic E-state index is 13.4. The van der Waals surface area contributed by atoms with Crippen molar-refractivity contribution in [1.29, 1.82) is 0 Å². The third kappa shape index (κ3) is 8.54. The number of amides is 3. The highest BCUT2D eigenvalue weighted by molar-refractivity contribution is 5.92. The van der Waals surface area contributed by atoms with E-state index < -0.39 is 24.2 Å². The number of aliphatic imine (C=N–C) groups is 1. The fourth-order valence-corrected chi connectivity index (χ4v) is 4.59. The van der Waals surface area contributed by atoms with E-state index in [0.29, 0.717) is 57.4 Å². The molecule has 0 aromatic carbocycles. The molecule has 1 aliphatic carbocycles. The lowest BCUT2D eigenvalue weighted by atomic mass is 9.97. The highest BCUT2D eigenvalue weighted by Gasteiger charge is 2.39. The maximum Gasteiger partial charge on any atom is 0.407 e. The Bertz CT molecular complexity index is 705. The SMILES string of the molecule is CCOC(=O)N[C@H](CC1CCCC1)C(=O)N1CCC[C@H]1C(=O)N[C@H](C=O)CCCN=C(N)N. The van der Waals surface area contributed by atoms with Gasteiger partial charge in [0.25, 0.3) is 0 Å². The Balaban J connectivity index is 2.00. The Hall–Kier alpha value is -2.85. The highest BCUT2D eigenvalue weighted by atomic mass is 16.5. The van der Waals surface area contributed by atoms with Crippen LogP contribution in [0.4, 0.5) is 4.79 Å². The number of ether oxygens (including phenoxy) is 1. The van der Waals surface area contributed by atoms with Crippen LogP contribution in [0.25, 0.3) is 0 Å². The summed E-state index contributed by atoms with van der Waals surface area (Å²) in [7, 11) is 0. The lowest BCUT2D eigenvalue weighted by Gasteiger charge is -2.30. The number of likely N-dealkylation sites (tertiary alicyclic amines) is 1. The van der Waals surface area contributed by atoms with Gasteiger partial charge in [-0.3, -0.25) is 14.6 Å². The number of aldehydes is 1. The molecule has 1 heterocycles. The second-order valence-electron chi connectivity index (χ2n) is 8.69. The summed E-state index contributed by atoms with van der Waals surface area (Å²) in [5.41, 5.74) is 10.6. The van der Waals surface area contributed by atoms with Gasteiger partial charge in [0.1, 0.15) is 18.4 Å². The van der Waals surface area contributed by atoms with E-state index in [1.165, 1.54) is 4.90 Å². The molecule has 3 atom stereocenters. The summed E-state index contributed by atoms with van der Waals surface area (Å²) >= 11 is 0. The fourth-order valence-electron chi connectivity index (χ4n) is 4.59. The molecule has 3 amide bonds. The van der Waals surface area contributed by atoms with Gasteiger partial charge in [-0.25, -0.2) is 4.79 Å². The van der Waals surface area contributed by atoms with E-state index in [9.17, 15) is 19.2 Å². The summed E-state index contributed by atoms with van der Waals surface area (Å²) in [5, 5.41) is 5.43. The lowest BCUT2D eigenvalue weighted by molar-refractivity contribution is -0.140. The molecule has 0 radical (unpaired) electrons. The van der Waals surface area contributed by atoms with E-state index in [2.05, 4.69) is 15.6 Å². The van der Waals surface area contributed by atoms with E-state index in [0.717, 1.165) is 25.7 Å². The molecule has 2 fully saturated rings. The number of nitrogens with two attached hydrogens (primary N) is 2. The number of carbonyl (C=O) groups is 4. The van der Waals surface area contributed by atoms with Crippen molar-refractivity contribution in [3.8, 4) is 0 Å². The topological polar surface area (TPSA) is 169 Å². The largest absolute Gasteiger partial charge is 0.450 e. The first-order chi connectivity index (χ1) is 15.8. The van der Waals surface area contributed by atoms with Crippen molar-refractivity contribution >= 4 is 30.2 Å². The van der Waals surface area contributed by atoms with Crippen LogP contribution < -0.4 is 22.1 Å². The molecule has 0 unspecified atom stereocenters. The number of carbonyl (C=O) groups excluding carboxylic acids is 4. The van der Waals surface area contributed by atoms with Gasteiger partial charge in [-0.15, -0.1) is 0 Å². The minimum absolute atomic E-state index is 0.0228. The van der Waals surface area contributed by atoms with Crippen molar-refractivity contribution < 1.29 is 23.9 Å². The molecule has 1 saturated carbocycles. The molecule has 33 heavy (non-hydrogen) atoms. The Labute approximate surface area is 195 Å². The normalized spacial score (nSPS) is 20.0. The number of guanidine groups is 1. The van der Waals surface area contributed by atoms with E-state index in [1.54, 1.807) is 6.92 Å². The molecule has 0 spiro atoms. The summed E-state index contributed by atoms with van der Waals surface area (Å²) in [6.07, 6.45) is 6.98. The average molecular weight is 467 g/mol. The summed E-state index contributed by atoms with van der Waals surface area (Å²) < 4.78 is 4.99. The summed E-state index contributed by atoms with van der Waals surface area (Å²) in [5.74, 6) is -0.302. The highest BCUT2D eigenvalue weighted by Crippen LogP contribution is 2.30. The van der Waals surface area contributed by atoms with Gasteiger partial charge in [0, 0.05) is 13.1 Å². The van der Waals surface area contributed by atoms with Crippen LogP contribution >= 0.6 is 0 Å². The number of rotatable bonds is 12. The minimum Gasteiger partial charge on any atom is -0.450 e. The Morgan fingerprint density at radius 1 is 1.15 bits per heavy atom. The molecule has 1 saturated heterocycles. The van der Waals surface area contributed by atoms with Crippen LogP contribution in [0.5, 0.6) is 0 Å². The Kier molecular flexibility index (Phi) is 10.9. The first-order valence-electron chi connectivity index (χ1n) is 11.9. The number of nitrogens with one attached hydrogen (secondary N) is 2. The smallest absolute Gasteiger partial charge is 0.407 e. The number of hydrogen-bond donors (Lipinski definition) is 4. The zero-order chi connectivity index (χ0) is 24.2. The predicted molar refractivity (Wildman–Crippen MR) is 123 cm³/mol. The van der Waals surface area contributed by atoms with E-state index in [-0.39, 0.29) is 24.4 Å². The minimum atomic E-state index is -0.734. The van der Waals surface area contributed by atoms with Gasteiger partial charge in [-0.2, -0.15) is 0 Å². The van der Waals surface area contributed by atoms with E-state index >= 15 is 0 Å². The number of hydrogen-bond acceptors (Lipinski definition) is 6. The Morgan fingerprint density at radius 2 is 1.88 bits per heavy atom. The van der Waals surface area contributed by atoms with Crippen molar-refractivity contribution in [2.24, 2.45) is 22.4 Å². The second kappa shape index (κ2) is 13.6. The molecule has 0 aromatic rings. The molecule has 186 valence electrons. The van der Waals surface area contributed by atoms with Crippen molar-refractivity contribution in [3.63, 3.8) is 0 Å². The summed E-state index contributed by atoms with van der Waals surface area (Å²) in [6.45, 7) is 2.70. The number of nitrogens with zero attached hydrogens (tertiary/aromatic N) is 2. The summed E-state index contributed by atoms with van der Waals surface area (Å²) in [4.78, 5) is 55.2. The van der Waals surface area contributed by atoms with Crippen LogP contribution in [0.3, 0.4) is 0 Å². The third-order valence-corrected chi connectivity index (χ3v) is 6.21. The van der Waals surface area contributed by atoms with Gasteiger partial charge in [0.2, 0.25) is 11.8 Å². The van der Waals surface area contributed by atoms with Gasteiger partial charge in [0.05, 0.1) is 12.6 Å². The van der Waals surface area contributed by atoms with Crippen LogP contribution in [0, 0.1) is 5.92 Å². The van der Waals surface area contributed by atoms with Crippen molar-refractivity contribution in [2.45, 2.75) is 82.8 Å². The van der Waals surface area contributed by atoms with Gasteiger partial charge < -0.3 is 36.5 Å². The van der Waals surface area contributed by atoms with Crippen LogP contribution in [0.15, 0.2) is 4.99 Å². The molecule has 2 rings (SSSR count). The van der Waals surface area contributed by atoms with Gasteiger partial charge in [-0.05, 0) is 44.9 Å². The molecule has 0 bridgehead atoms. The van der Waals surface area contributed by atoms with E-state index in [1.807, 2.05) is 0 Å². The average Bonchev–Trinajstić information content (AvgIpc) is 3.47. The van der Waals surface area contributed by atoms with E-state index in [4.69, 9.17) is 16.2 Å². The quantitative estimate of drug-likeness (QED) is 0.140. The third-order valence-electron chi connectivity index (χ3n) is 6.21. The monoisotopic (exact) mass is 466 g/mol. The molecule has 6 N–H and O–H groups in total. The van der Waals surface area contributed by atoms with Gasteiger partial charge in [-0.1, -0.05) is 25.7 Å². The predicted octanol–water partition coefficient (Wildman–Crippen LogP) is 0.410. The molecule has 11 nitrogen and oxygen atoms in total. The zero-order valence-electron chi connectivity index (χ0n) is 19.5. The first-order valence-corrected chi connectivity index (χ1v) is 11.9. The molecule has 1 aliphatic heterocycles. The first kappa shape index (κ1) is 26.4. The van der Waals surface area contributed by atoms with Crippen LogP contribution in [-0.2, 0) is 19.1 Å². The van der Waals surface area contributed by atoms with Crippen LogP contribution in [0.1, 0.15) is 64.7 Å². The van der Waals surface area contributed by atoms with Crippen LogP contribution in [-0.4, -0.2) is 72.9 Å². The zero-order valence-corrected chi connectivity index (χ0v) is 19.5. The van der Waals surface area contributed by atoms with Gasteiger partial charge in [0.15, 0.2) is 5.96 Å². The van der Waals surface area contributed by atoms with Gasteiger partial charge >= 0.3 is 6.09 Å². The molecule has 11 heteroatoms. The van der Waals surface area contributed by atoms with Crippen molar-refractivity contribution in [2.75, 3.05) is 19.7 Å². The molecular formula is C22H38N6O5. The Morgan fingerprint density at radius 3 is 2.52 bits per heavy atom. The molecule has 0 aromatic heterocycles.